The molecular weight excluding hydrogens is 340 g/mol. The van der Waals surface area contributed by atoms with Gasteiger partial charge >= 0.3 is 5.97 Å². The van der Waals surface area contributed by atoms with Gasteiger partial charge in [-0.25, -0.2) is 0 Å². The summed E-state index contributed by atoms with van der Waals surface area (Å²) in [4.78, 5) is 10.7. The Hall–Kier alpha value is -1.22. The smallest absolute Gasteiger partial charge is 0.316 e. The molecule has 0 spiro atoms. The second-order valence-corrected chi connectivity index (χ2v) is 7.88. The number of rotatable bonds is 17. The van der Waals surface area contributed by atoms with E-state index < -0.39 is 5.97 Å². The van der Waals surface area contributed by atoms with E-state index in [0.717, 1.165) is 44.3 Å². The predicted octanol–water partition coefficient (Wildman–Crippen LogP) is 7.34. The van der Waals surface area contributed by atoms with Gasteiger partial charge in [0.2, 0.25) is 0 Å². The lowest BCUT2D eigenvalue weighted by atomic mass is 10.2. The Kier molecular flexibility index (Phi) is 19.2. The number of hydrogen-bond donors (Lipinski definition) is 1. The number of unbranched alkanes of at least 4 members (excludes halogenated alkanes) is 5. The first-order valence-electron chi connectivity index (χ1n) is 10.1. The molecule has 0 aliphatic rings. The summed E-state index contributed by atoms with van der Waals surface area (Å²) in [5.41, 5.74) is 0. The minimum Gasteiger partial charge on any atom is -0.480 e. The minimum atomic E-state index is -0.713. The summed E-state index contributed by atoms with van der Waals surface area (Å²) in [5.74, 6) is 0.219. The fourth-order valence-electron chi connectivity index (χ4n) is 2.26. The highest BCUT2D eigenvalue weighted by Gasteiger charge is 2.09. The molecule has 1 N–H and O–H groups in total. The van der Waals surface area contributed by atoms with Crippen LogP contribution in [0, 0.1) is 0 Å². The van der Waals surface area contributed by atoms with Crippen LogP contribution in [0.3, 0.4) is 0 Å². The summed E-state index contributed by atoms with van der Waals surface area (Å²) >= 11 is 1.53. The highest BCUT2D eigenvalue weighted by Crippen LogP contribution is 2.13. The van der Waals surface area contributed by atoms with Crippen molar-refractivity contribution in [2.75, 3.05) is 5.75 Å². The summed E-state index contributed by atoms with van der Waals surface area (Å²) in [6.07, 6.45) is 29.4. The van der Waals surface area contributed by atoms with E-state index in [4.69, 9.17) is 5.11 Å². The first kappa shape index (κ1) is 24.8. The van der Waals surface area contributed by atoms with Crippen molar-refractivity contribution in [3.05, 3.63) is 48.6 Å². The summed E-state index contributed by atoms with van der Waals surface area (Å²) in [6, 6.07) is 0. The molecule has 0 aromatic rings. The van der Waals surface area contributed by atoms with E-state index in [2.05, 4.69) is 55.5 Å². The van der Waals surface area contributed by atoms with Gasteiger partial charge in [-0.3, -0.25) is 4.79 Å². The summed E-state index contributed by atoms with van der Waals surface area (Å²) in [5, 5.41) is 8.50. The topological polar surface area (TPSA) is 37.3 Å². The van der Waals surface area contributed by atoms with Crippen LogP contribution in [0.25, 0.3) is 0 Å². The Labute approximate surface area is 165 Å². The van der Waals surface area contributed by atoms with E-state index in [1.54, 1.807) is 6.92 Å². The van der Waals surface area contributed by atoms with Gasteiger partial charge in [0.05, 0.1) is 5.25 Å². The average Bonchev–Trinajstić information content (AvgIpc) is 2.63. The Morgan fingerprint density at radius 1 is 0.808 bits per heavy atom. The van der Waals surface area contributed by atoms with Crippen LogP contribution < -0.4 is 0 Å². The zero-order chi connectivity index (χ0) is 19.3. The highest BCUT2D eigenvalue weighted by atomic mass is 32.2. The van der Waals surface area contributed by atoms with Gasteiger partial charge in [-0.15, -0.1) is 11.8 Å². The highest BCUT2D eigenvalue weighted by molar-refractivity contribution is 8.00. The first-order valence-corrected chi connectivity index (χ1v) is 11.2. The summed E-state index contributed by atoms with van der Waals surface area (Å²) < 4.78 is 0. The second kappa shape index (κ2) is 20.1. The SMILES string of the molecule is CCCCCC=CCC=CCC=CCC=CCCCCSC(C)C(=O)O. The van der Waals surface area contributed by atoms with Crippen LogP contribution in [-0.2, 0) is 4.79 Å². The lowest BCUT2D eigenvalue weighted by Gasteiger charge is -2.04. The van der Waals surface area contributed by atoms with Crippen molar-refractivity contribution in [3.63, 3.8) is 0 Å². The van der Waals surface area contributed by atoms with Gasteiger partial charge in [-0.2, -0.15) is 0 Å². The lowest BCUT2D eigenvalue weighted by Crippen LogP contribution is -2.11. The number of carboxylic acid groups (broad SMARTS) is 1. The third-order valence-electron chi connectivity index (χ3n) is 3.94. The lowest BCUT2D eigenvalue weighted by molar-refractivity contribution is -0.136. The molecule has 0 rings (SSSR count). The number of aliphatic carboxylic acids is 1. The van der Waals surface area contributed by atoms with E-state index in [9.17, 15) is 4.79 Å². The van der Waals surface area contributed by atoms with Crippen molar-refractivity contribution in [1.82, 2.24) is 0 Å². The molecule has 2 nitrogen and oxygen atoms in total. The van der Waals surface area contributed by atoms with Crippen molar-refractivity contribution in [2.24, 2.45) is 0 Å². The van der Waals surface area contributed by atoms with Crippen molar-refractivity contribution in [1.29, 1.82) is 0 Å². The third-order valence-corrected chi connectivity index (χ3v) is 5.16. The summed E-state index contributed by atoms with van der Waals surface area (Å²) in [6.45, 7) is 3.99. The van der Waals surface area contributed by atoms with Crippen molar-refractivity contribution in [2.45, 2.75) is 83.3 Å². The maximum absolute atomic E-state index is 10.7. The van der Waals surface area contributed by atoms with Crippen LogP contribution in [0.1, 0.15) is 78.1 Å². The van der Waals surface area contributed by atoms with Gasteiger partial charge in [-0.1, -0.05) is 68.4 Å². The van der Waals surface area contributed by atoms with Crippen molar-refractivity contribution >= 4 is 17.7 Å². The van der Waals surface area contributed by atoms with Crippen molar-refractivity contribution < 1.29 is 9.90 Å². The molecule has 26 heavy (non-hydrogen) atoms. The number of allylic oxidation sites excluding steroid dienone is 8. The largest absolute Gasteiger partial charge is 0.480 e. The van der Waals surface area contributed by atoms with E-state index in [-0.39, 0.29) is 5.25 Å². The van der Waals surface area contributed by atoms with Gasteiger partial charge < -0.3 is 5.11 Å². The molecule has 0 aromatic heterocycles. The molecule has 0 aromatic carbocycles. The molecule has 0 saturated heterocycles. The number of thioether (sulfide) groups is 1. The second-order valence-electron chi connectivity index (χ2n) is 6.44. The molecule has 0 radical (unpaired) electrons. The first-order chi connectivity index (χ1) is 12.7. The van der Waals surface area contributed by atoms with E-state index in [1.165, 1.54) is 37.4 Å². The number of hydrogen-bond acceptors (Lipinski definition) is 2. The molecule has 3 heteroatoms. The molecule has 0 fully saturated rings. The van der Waals surface area contributed by atoms with Gasteiger partial charge in [0, 0.05) is 0 Å². The van der Waals surface area contributed by atoms with Crippen LogP contribution in [0.4, 0.5) is 0 Å². The van der Waals surface area contributed by atoms with Gasteiger partial charge in [-0.05, 0) is 64.0 Å². The number of carbonyl (C=O) groups is 1. The quantitative estimate of drug-likeness (QED) is 0.212. The maximum Gasteiger partial charge on any atom is 0.316 e. The van der Waals surface area contributed by atoms with Gasteiger partial charge in [0.15, 0.2) is 0 Å². The maximum atomic E-state index is 10.7. The van der Waals surface area contributed by atoms with Crippen LogP contribution in [-0.4, -0.2) is 22.1 Å². The van der Waals surface area contributed by atoms with Crippen LogP contribution in [0.15, 0.2) is 48.6 Å². The molecule has 0 saturated carbocycles. The average molecular weight is 379 g/mol. The monoisotopic (exact) mass is 378 g/mol. The van der Waals surface area contributed by atoms with E-state index in [0.29, 0.717) is 0 Å². The molecule has 1 unspecified atom stereocenters. The summed E-state index contributed by atoms with van der Waals surface area (Å²) in [7, 11) is 0. The molecule has 0 aliphatic carbocycles. The van der Waals surface area contributed by atoms with Gasteiger partial charge in [0.25, 0.3) is 0 Å². The molecule has 0 heterocycles. The predicted molar refractivity (Wildman–Crippen MR) is 118 cm³/mol. The van der Waals surface area contributed by atoms with Crippen LogP contribution in [0.5, 0.6) is 0 Å². The molecule has 0 aliphatic heterocycles. The van der Waals surface area contributed by atoms with Crippen LogP contribution in [0.2, 0.25) is 0 Å². The Morgan fingerprint density at radius 3 is 1.73 bits per heavy atom. The van der Waals surface area contributed by atoms with Crippen molar-refractivity contribution in [3.8, 4) is 0 Å². The minimum absolute atomic E-state index is 0.286. The molecule has 0 amide bonds. The number of carboxylic acids is 1. The fraction of sp³-hybridized carbons (Fsp3) is 0.609. The van der Waals surface area contributed by atoms with Gasteiger partial charge in [0.1, 0.15) is 0 Å². The molecular formula is C23H38O2S. The Balaban J connectivity index is 3.42. The Bertz CT molecular complexity index is 435. The standard InChI is InChI=1S/C23H38O2S/c1-3-4-5-6-7-8-9-10-11-12-13-14-15-16-17-18-19-20-21-26-22(2)23(24)25/h7-8,10-11,13-14,16-17,22H,3-6,9,12,15,18-21H2,1-2H3,(H,24,25). The molecule has 148 valence electrons. The Morgan fingerprint density at radius 2 is 1.27 bits per heavy atom. The van der Waals surface area contributed by atoms with E-state index in [1.807, 2.05) is 0 Å². The molecule has 1 atom stereocenters. The molecule has 0 bridgehead atoms. The third kappa shape index (κ3) is 19.1. The fourth-order valence-corrected chi connectivity index (χ4v) is 3.12. The van der Waals surface area contributed by atoms with E-state index >= 15 is 0 Å². The zero-order valence-corrected chi connectivity index (χ0v) is 17.6. The van der Waals surface area contributed by atoms with Crippen LogP contribution >= 0.6 is 11.8 Å². The zero-order valence-electron chi connectivity index (χ0n) is 16.7. The normalized spacial score (nSPS) is 13.6.